The molecule has 2 aromatic heterocycles. The predicted octanol–water partition coefficient (Wildman–Crippen LogP) is 1.68. The van der Waals surface area contributed by atoms with E-state index in [2.05, 4.69) is 27.0 Å². The van der Waals surface area contributed by atoms with Crippen molar-refractivity contribution in [3.8, 4) is 0 Å². The minimum atomic E-state index is 0.503. The second-order valence-corrected chi connectivity index (χ2v) is 4.52. The molecule has 0 atom stereocenters. The van der Waals surface area contributed by atoms with Gasteiger partial charge in [0.05, 0.1) is 0 Å². The van der Waals surface area contributed by atoms with Crippen molar-refractivity contribution in [1.29, 1.82) is 0 Å². The lowest BCUT2D eigenvalue weighted by Gasteiger charge is -2.21. The molecule has 1 aliphatic carbocycles. The number of hydrogen-bond acceptors (Lipinski definition) is 4. The largest absolute Gasteiger partial charge is 0.356 e. The average Bonchev–Trinajstić information content (AvgIpc) is 3.01. The van der Waals surface area contributed by atoms with E-state index in [1.165, 1.54) is 19.2 Å². The Morgan fingerprint density at radius 1 is 1.50 bits per heavy atom. The minimum absolute atomic E-state index is 0.503. The summed E-state index contributed by atoms with van der Waals surface area (Å²) in [4.78, 5) is 10.5. The monoisotopic (exact) mass is 237 g/mol. The van der Waals surface area contributed by atoms with Gasteiger partial charge >= 0.3 is 0 Å². The van der Waals surface area contributed by atoms with E-state index in [4.69, 9.17) is 11.6 Å². The zero-order valence-electron chi connectivity index (χ0n) is 9.18. The first-order valence-corrected chi connectivity index (χ1v) is 5.65. The number of halogens is 1. The van der Waals surface area contributed by atoms with Crippen LogP contribution < -0.4 is 4.90 Å². The molecule has 2 heterocycles. The summed E-state index contributed by atoms with van der Waals surface area (Å²) in [5, 5.41) is 4.70. The summed E-state index contributed by atoms with van der Waals surface area (Å²) in [7, 11) is 2.07. The first kappa shape index (κ1) is 9.84. The molecule has 0 aromatic carbocycles. The number of nitrogens with zero attached hydrogens (tertiary/aromatic N) is 5. The van der Waals surface area contributed by atoms with Gasteiger partial charge in [0, 0.05) is 18.7 Å². The van der Waals surface area contributed by atoms with Crippen molar-refractivity contribution in [3.05, 3.63) is 17.0 Å². The van der Waals surface area contributed by atoms with Gasteiger partial charge in [-0.3, -0.25) is 0 Å². The molecule has 0 bridgehead atoms. The van der Waals surface area contributed by atoms with Crippen molar-refractivity contribution in [1.82, 2.24) is 19.6 Å². The van der Waals surface area contributed by atoms with Crippen LogP contribution in [0.5, 0.6) is 0 Å². The molecule has 5 nitrogen and oxygen atoms in total. The molecule has 0 amide bonds. The Hall–Kier alpha value is -1.36. The Kier molecular flexibility index (Phi) is 2.04. The predicted molar refractivity (Wildman–Crippen MR) is 62.0 cm³/mol. The molecule has 2 aromatic rings. The van der Waals surface area contributed by atoms with Gasteiger partial charge in [-0.05, 0) is 19.8 Å². The first-order chi connectivity index (χ1) is 7.68. The zero-order valence-corrected chi connectivity index (χ0v) is 9.94. The number of hydrogen-bond donors (Lipinski definition) is 0. The minimum Gasteiger partial charge on any atom is -0.356 e. The van der Waals surface area contributed by atoms with Gasteiger partial charge in [0.25, 0.3) is 5.78 Å². The van der Waals surface area contributed by atoms with Crippen molar-refractivity contribution in [3.63, 3.8) is 0 Å². The molecular formula is C10H12ClN5. The van der Waals surface area contributed by atoms with Gasteiger partial charge in [-0.15, -0.1) is 0 Å². The molecule has 0 N–H and O–H groups in total. The van der Waals surface area contributed by atoms with Crippen molar-refractivity contribution >= 4 is 23.2 Å². The summed E-state index contributed by atoms with van der Waals surface area (Å²) < 4.78 is 1.75. The average molecular weight is 238 g/mol. The summed E-state index contributed by atoms with van der Waals surface area (Å²) in [5.41, 5.74) is 0.953. The van der Waals surface area contributed by atoms with E-state index in [-0.39, 0.29) is 0 Å². The van der Waals surface area contributed by atoms with Crippen molar-refractivity contribution in [2.24, 2.45) is 0 Å². The Bertz CT molecular complexity index is 545. The summed E-state index contributed by atoms with van der Waals surface area (Å²) in [6.45, 7) is 1.96. The number of aromatic nitrogens is 4. The van der Waals surface area contributed by atoms with Crippen LogP contribution in [0.25, 0.3) is 5.78 Å². The maximum Gasteiger partial charge on any atom is 0.255 e. The molecule has 0 aliphatic heterocycles. The van der Waals surface area contributed by atoms with Crippen LogP contribution in [0.4, 0.5) is 5.82 Å². The van der Waals surface area contributed by atoms with E-state index in [1.807, 2.05) is 6.92 Å². The van der Waals surface area contributed by atoms with E-state index < -0.39 is 0 Å². The van der Waals surface area contributed by atoms with E-state index in [0.29, 0.717) is 17.0 Å². The Morgan fingerprint density at radius 3 is 2.94 bits per heavy atom. The normalized spacial score (nSPS) is 15.7. The Morgan fingerprint density at radius 2 is 2.25 bits per heavy atom. The molecule has 3 rings (SSSR count). The van der Waals surface area contributed by atoms with Gasteiger partial charge in [0.15, 0.2) is 0 Å². The topological polar surface area (TPSA) is 46.3 Å². The summed E-state index contributed by atoms with van der Waals surface area (Å²) in [6.07, 6.45) is 3.96. The zero-order chi connectivity index (χ0) is 11.3. The summed E-state index contributed by atoms with van der Waals surface area (Å²) in [5.74, 6) is 1.55. The van der Waals surface area contributed by atoms with Crippen molar-refractivity contribution in [2.45, 2.75) is 25.8 Å². The van der Waals surface area contributed by atoms with Crippen LogP contribution >= 0.6 is 11.6 Å². The van der Waals surface area contributed by atoms with Crippen molar-refractivity contribution in [2.75, 3.05) is 11.9 Å². The summed E-state index contributed by atoms with van der Waals surface area (Å²) in [6, 6.07) is 0.601. The van der Waals surface area contributed by atoms with Crippen LogP contribution in [0.1, 0.15) is 18.4 Å². The maximum atomic E-state index is 6.10. The third-order valence-corrected chi connectivity index (χ3v) is 3.37. The molecule has 1 saturated carbocycles. The molecule has 6 heteroatoms. The van der Waals surface area contributed by atoms with Crippen LogP contribution in [0.3, 0.4) is 0 Å². The summed E-state index contributed by atoms with van der Waals surface area (Å²) >= 11 is 6.10. The third-order valence-electron chi connectivity index (χ3n) is 3.00. The van der Waals surface area contributed by atoms with Gasteiger partial charge < -0.3 is 4.90 Å². The number of rotatable bonds is 2. The van der Waals surface area contributed by atoms with Crippen molar-refractivity contribution < 1.29 is 0 Å². The molecule has 0 spiro atoms. The van der Waals surface area contributed by atoms with E-state index in [9.17, 15) is 0 Å². The van der Waals surface area contributed by atoms with Crippen LogP contribution in [-0.2, 0) is 0 Å². The second kappa shape index (κ2) is 3.31. The van der Waals surface area contributed by atoms with Gasteiger partial charge in [0.2, 0.25) is 0 Å². The molecule has 1 fully saturated rings. The van der Waals surface area contributed by atoms with Crippen LogP contribution in [0.2, 0.25) is 5.15 Å². The molecule has 16 heavy (non-hydrogen) atoms. The first-order valence-electron chi connectivity index (χ1n) is 5.27. The Labute approximate surface area is 98.1 Å². The van der Waals surface area contributed by atoms with Gasteiger partial charge in [-0.2, -0.15) is 19.6 Å². The molecule has 1 aliphatic rings. The fraction of sp³-hybridized carbons (Fsp3) is 0.500. The van der Waals surface area contributed by atoms with Gasteiger partial charge in [0.1, 0.15) is 17.3 Å². The van der Waals surface area contributed by atoms with Crippen LogP contribution in [0.15, 0.2) is 6.33 Å². The standard InChI is InChI=1S/C10H12ClN5/c1-6-8(11)14-10-12-5-13-16(10)9(6)15(2)7-3-4-7/h5,7H,3-4H2,1-2H3. The highest BCUT2D eigenvalue weighted by atomic mass is 35.5. The maximum absolute atomic E-state index is 6.10. The molecule has 0 unspecified atom stereocenters. The molecule has 0 saturated heterocycles. The fourth-order valence-corrected chi connectivity index (χ4v) is 2.09. The lowest BCUT2D eigenvalue weighted by atomic mass is 10.3. The molecule has 84 valence electrons. The molecule has 0 radical (unpaired) electrons. The third kappa shape index (κ3) is 1.35. The lowest BCUT2D eigenvalue weighted by Crippen LogP contribution is -2.24. The fourth-order valence-electron chi connectivity index (χ4n) is 1.93. The van der Waals surface area contributed by atoms with E-state index in [0.717, 1.165) is 11.4 Å². The highest BCUT2D eigenvalue weighted by Crippen LogP contribution is 2.33. The quantitative estimate of drug-likeness (QED) is 0.746. The smallest absolute Gasteiger partial charge is 0.255 e. The number of anilines is 1. The van der Waals surface area contributed by atoms with Crippen LogP contribution in [-0.4, -0.2) is 32.7 Å². The van der Waals surface area contributed by atoms with E-state index in [1.54, 1.807) is 4.52 Å². The SMILES string of the molecule is Cc1c(Cl)nc2ncnn2c1N(C)C1CC1. The highest BCUT2D eigenvalue weighted by molar-refractivity contribution is 6.30. The second-order valence-electron chi connectivity index (χ2n) is 4.17. The highest BCUT2D eigenvalue weighted by Gasteiger charge is 2.29. The lowest BCUT2D eigenvalue weighted by molar-refractivity contribution is 0.820. The Balaban J connectivity index is 2.25. The number of fused-ring (bicyclic) bond motifs is 1. The molecular weight excluding hydrogens is 226 g/mol. The van der Waals surface area contributed by atoms with Crippen LogP contribution in [0, 0.1) is 6.92 Å². The van der Waals surface area contributed by atoms with Gasteiger partial charge in [-0.25, -0.2) is 0 Å². The van der Waals surface area contributed by atoms with Gasteiger partial charge in [-0.1, -0.05) is 11.6 Å². The van der Waals surface area contributed by atoms with E-state index >= 15 is 0 Å².